The molecule has 0 aromatic carbocycles. The highest BCUT2D eigenvalue weighted by atomic mass is 28.3. The lowest BCUT2D eigenvalue weighted by Gasteiger charge is -2.05. The first-order valence-electron chi connectivity index (χ1n) is 5.16. The van der Waals surface area contributed by atoms with Gasteiger partial charge in [0.05, 0.1) is 6.61 Å². The van der Waals surface area contributed by atoms with Crippen molar-refractivity contribution in [1.82, 2.24) is 0 Å². The van der Waals surface area contributed by atoms with Gasteiger partial charge in [-0.25, -0.2) is 4.79 Å². The summed E-state index contributed by atoms with van der Waals surface area (Å²) >= 11 is 0. The molecule has 0 heterocycles. The van der Waals surface area contributed by atoms with Crippen LogP contribution in [0.1, 0.15) is 20.8 Å². The summed E-state index contributed by atoms with van der Waals surface area (Å²) in [5, 5.41) is 0. The van der Waals surface area contributed by atoms with E-state index in [4.69, 9.17) is 8.85 Å². The third-order valence-corrected chi connectivity index (χ3v) is 5.14. The summed E-state index contributed by atoms with van der Waals surface area (Å²) in [6.07, 6.45) is 0. The highest BCUT2D eigenvalue weighted by molar-refractivity contribution is 6.52. The maximum absolute atomic E-state index is 10.7. The van der Waals surface area contributed by atoms with E-state index in [1.54, 1.807) is 6.92 Å². The Balaban J connectivity index is 0. The van der Waals surface area contributed by atoms with Crippen LogP contribution in [0.15, 0.2) is 12.2 Å². The molecule has 15 heavy (non-hydrogen) atoms. The van der Waals surface area contributed by atoms with Crippen molar-refractivity contribution in [3.05, 3.63) is 12.2 Å². The molecule has 0 saturated heterocycles. The number of carbonyl (C=O) groups is 1. The van der Waals surface area contributed by atoms with E-state index in [1.807, 2.05) is 13.8 Å². The molecule has 3 nitrogen and oxygen atoms in total. The Labute approximate surface area is 98.1 Å². The van der Waals surface area contributed by atoms with E-state index >= 15 is 0 Å². The van der Waals surface area contributed by atoms with Gasteiger partial charge in [-0.15, -0.1) is 0 Å². The van der Waals surface area contributed by atoms with E-state index in [1.165, 1.54) is 0 Å². The van der Waals surface area contributed by atoms with Crippen molar-refractivity contribution in [2.75, 3.05) is 6.61 Å². The second kappa shape index (κ2) is 10.1. The summed E-state index contributed by atoms with van der Waals surface area (Å²) in [5.74, 6) is 0.0944. The molecule has 0 atom stereocenters. The average Bonchev–Trinajstić information content (AvgIpc) is 2.14. The Morgan fingerprint density at radius 3 is 2.07 bits per heavy atom. The first-order valence-corrected chi connectivity index (χ1v) is 8.76. The lowest BCUT2D eigenvalue weighted by atomic mass is 10.2. The van der Waals surface area contributed by atoms with Crippen LogP contribution in [0, 0.1) is 5.92 Å². The number of esters is 1. The Bertz CT molecular complexity index is 191. The Morgan fingerprint density at radius 1 is 1.47 bits per heavy atom. The highest BCUT2D eigenvalue weighted by Gasteiger charge is 2.03. The van der Waals surface area contributed by atoms with Gasteiger partial charge in [0.25, 0.3) is 0 Å². The van der Waals surface area contributed by atoms with Crippen molar-refractivity contribution in [2.24, 2.45) is 5.92 Å². The molecule has 5 heteroatoms. The normalized spacial score (nSPS) is 9.80. The summed E-state index contributed by atoms with van der Waals surface area (Å²) in [6.45, 7) is 13.9. The van der Waals surface area contributed by atoms with Gasteiger partial charge in [-0.05, 0) is 25.9 Å². The first kappa shape index (κ1) is 17.0. The number of rotatable bonds is 4. The minimum Gasteiger partial charge on any atom is -0.466 e. The number of ether oxygens (including phenoxy) is 1. The van der Waals surface area contributed by atoms with E-state index < -0.39 is 9.04 Å². The molecular formula is C10H24O3Si2. The van der Waals surface area contributed by atoms with Crippen LogP contribution in [-0.4, -0.2) is 32.1 Å². The molecular weight excluding hydrogens is 224 g/mol. The molecule has 0 saturated carbocycles. The van der Waals surface area contributed by atoms with Gasteiger partial charge in [0.1, 0.15) is 10.5 Å². The minimum absolute atomic E-state index is 0.297. The van der Waals surface area contributed by atoms with E-state index in [9.17, 15) is 4.79 Å². The molecule has 0 aliphatic carbocycles. The fourth-order valence-electron chi connectivity index (χ4n) is 0.366. The average molecular weight is 248 g/mol. The van der Waals surface area contributed by atoms with Crippen LogP contribution in [0.3, 0.4) is 0 Å². The van der Waals surface area contributed by atoms with Crippen LogP contribution in [-0.2, 0) is 13.6 Å². The minimum atomic E-state index is -0.588. The quantitative estimate of drug-likeness (QED) is 0.423. The molecule has 0 rings (SSSR count). The molecule has 0 unspecified atom stereocenters. The zero-order valence-electron chi connectivity index (χ0n) is 10.8. The van der Waals surface area contributed by atoms with E-state index in [-0.39, 0.29) is 5.97 Å². The lowest BCUT2D eigenvalue weighted by molar-refractivity contribution is -0.139. The maximum atomic E-state index is 10.7. The number of hydrogen-bond donors (Lipinski definition) is 0. The monoisotopic (exact) mass is 248 g/mol. The highest BCUT2D eigenvalue weighted by Crippen LogP contribution is 1.97. The predicted octanol–water partition coefficient (Wildman–Crippen LogP) is 1.03. The largest absolute Gasteiger partial charge is 0.466 e. The fourth-order valence-corrected chi connectivity index (χ4v) is 0.366. The Morgan fingerprint density at radius 2 is 1.87 bits per heavy atom. The molecule has 0 aromatic heterocycles. The van der Waals surface area contributed by atoms with E-state index in [2.05, 4.69) is 19.7 Å². The van der Waals surface area contributed by atoms with Gasteiger partial charge >= 0.3 is 5.97 Å². The molecule has 0 radical (unpaired) electrons. The van der Waals surface area contributed by atoms with Gasteiger partial charge < -0.3 is 8.85 Å². The van der Waals surface area contributed by atoms with Gasteiger partial charge in [0.15, 0.2) is 9.04 Å². The van der Waals surface area contributed by atoms with Crippen LogP contribution in [0.2, 0.25) is 13.1 Å². The van der Waals surface area contributed by atoms with Crippen molar-refractivity contribution in [1.29, 1.82) is 0 Å². The van der Waals surface area contributed by atoms with Crippen molar-refractivity contribution in [3.63, 3.8) is 0 Å². The van der Waals surface area contributed by atoms with Crippen LogP contribution in [0.5, 0.6) is 0 Å². The zero-order chi connectivity index (χ0) is 12.4. The van der Waals surface area contributed by atoms with Crippen LogP contribution >= 0.6 is 0 Å². The van der Waals surface area contributed by atoms with Crippen molar-refractivity contribution >= 4 is 25.5 Å². The molecule has 0 aliphatic heterocycles. The van der Waals surface area contributed by atoms with Gasteiger partial charge in [-0.3, -0.25) is 0 Å². The van der Waals surface area contributed by atoms with Crippen LogP contribution < -0.4 is 0 Å². The summed E-state index contributed by atoms with van der Waals surface area (Å²) in [7, 11) is 0.347. The molecule has 0 aromatic rings. The maximum Gasteiger partial charge on any atom is 0.333 e. The Kier molecular flexibility index (Phi) is 11.5. The SMILES string of the molecule is C=C(C)C(=O)OCC(C)C.C[SiH](C)O[SiH3]. The van der Waals surface area contributed by atoms with Crippen molar-refractivity contribution < 1.29 is 13.6 Å². The molecule has 0 bridgehead atoms. The molecule has 0 spiro atoms. The molecule has 0 N–H and O–H groups in total. The van der Waals surface area contributed by atoms with Crippen LogP contribution in [0.4, 0.5) is 0 Å². The van der Waals surface area contributed by atoms with Crippen molar-refractivity contribution in [2.45, 2.75) is 33.9 Å². The molecule has 0 amide bonds. The first-order chi connectivity index (χ1) is 6.81. The fraction of sp³-hybridized carbons (Fsp3) is 0.700. The standard InChI is InChI=1S/C8H14O2.C2H10OSi2/c1-6(2)5-10-8(9)7(3)4;1-5(2)3-4/h6H,3,5H2,1-2,4H3;5H,1-2,4H3. The zero-order valence-corrected chi connectivity index (χ0v) is 13.9. The molecule has 0 aliphatic rings. The van der Waals surface area contributed by atoms with Gasteiger partial charge in [0, 0.05) is 5.57 Å². The summed E-state index contributed by atoms with van der Waals surface area (Å²) in [6, 6.07) is 0. The summed E-state index contributed by atoms with van der Waals surface area (Å²) in [5.41, 5.74) is 0.459. The summed E-state index contributed by atoms with van der Waals surface area (Å²) in [4.78, 5) is 10.7. The smallest absolute Gasteiger partial charge is 0.333 e. The number of hydrogen-bond acceptors (Lipinski definition) is 3. The Hall–Kier alpha value is -0.396. The molecule has 0 fully saturated rings. The third-order valence-electron chi connectivity index (χ3n) is 1.37. The lowest BCUT2D eigenvalue weighted by Crippen LogP contribution is -2.09. The third kappa shape index (κ3) is 16.3. The van der Waals surface area contributed by atoms with Gasteiger partial charge in [0.2, 0.25) is 0 Å². The van der Waals surface area contributed by atoms with Crippen LogP contribution in [0.25, 0.3) is 0 Å². The molecule has 90 valence electrons. The van der Waals surface area contributed by atoms with Gasteiger partial charge in [-0.2, -0.15) is 0 Å². The van der Waals surface area contributed by atoms with Gasteiger partial charge in [-0.1, -0.05) is 20.4 Å². The van der Waals surface area contributed by atoms with E-state index in [0.29, 0.717) is 18.1 Å². The van der Waals surface area contributed by atoms with Crippen molar-refractivity contribution in [3.8, 4) is 0 Å². The predicted molar refractivity (Wildman–Crippen MR) is 70.5 cm³/mol. The number of carbonyl (C=O) groups excluding carboxylic acids is 1. The topological polar surface area (TPSA) is 35.5 Å². The van der Waals surface area contributed by atoms with E-state index in [0.717, 1.165) is 10.5 Å². The summed E-state index contributed by atoms with van der Waals surface area (Å²) < 4.78 is 9.85. The second-order valence-electron chi connectivity index (χ2n) is 4.06. The second-order valence-corrected chi connectivity index (χ2v) is 8.04.